The third-order valence-electron chi connectivity index (χ3n) is 4.01. The van der Waals surface area contributed by atoms with Crippen LogP contribution in [-0.2, 0) is 9.53 Å². The van der Waals surface area contributed by atoms with Crippen molar-refractivity contribution in [3.63, 3.8) is 0 Å². The van der Waals surface area contributed by atoms with E-state index in [1.807, 2.05) is 0 Å². The molecule has 0 amide bonds. The maximum atomic E-state index is 11.5. The molecular weight excluding hydrogens is 228 g/mol. The second-order valence-corrected chi connectivity index (χ2v) is 5.70. The Balaban J connectivity index is 2.23. The summed E-state index contributed by atoms with van der Waals surface area (Å²) in [7, 11) is 1.39. The number of nitrogens with two attached hydrogens (primary N) is 1. The van der Waals surface area contributed by atoms with E-state index in [0.29, 0.717) is 6.42 Å². The van der Waals surface area contributed by atoms with Crippen LogP contribution in [0.3, 0.4) is 0 Å². The Morgan fingerprint density at radius 2 is 2.17 bits per heavy atom. The maximum Gasteiger partial charge on any atom is 0.325 e. The quantitative estimate of drug-likeness (QED) is 0.673. The monoisotopic (exact) mass is 256 g/mol. The van der Waals surface area contributed by atoms with Crippen LogP contribution in [0, 0.1) is 5.92 Å². The number of ether oxygens (including phenoxy) is 1. The van der Waals surface area contributed by atoms with Crippen LogP contribution in [-0.4, -0.2) is 43.2 Å². The highest BCUT2D eigenvalue weighted by atomic mass is 16.5. The molecule has 0 aliphatic heterocycles. The van der Waals surface area contributed by atoms with Gasteiger partial charge in [-0.25, -0.2) is 0 Å². The van der Waals surface area contributed by atoms with E-state index >= 15 is 0 Å². The number of rotatable bonds is 8. The molecule has 1 aliphatic carbocycles. The zero-order valence-electron chi connectivity index (χ0n) is 12.1. The fraction of sp³-hybridized carbons (Fsp3) is 0.929. The molecule has 2 N–H and O–H groups in total. The van der Waals surface area contributed by atoms with Crippen molar-refractivity contribution in [3.8, 4) is 0 Å². The summed E-state index contributed by atoms with van der Waals surface area (Å²) >= 11 is 0. The van der Waals surface area contributed by atoms with Crippen molar-refractivity contribution in [2.45, 2.75) is 51.5 Å². The second-order valence-electron chi connectivity index (χ2n) is 5.70. The van der Waals surface area contributed by atoms with E-state index in [1.165, 1.54) is 32.9 Å². The summed E-state index contributed by atoms with van der Waals surface area (Å²) in [5.41, 5.74) is 5.10. The number of carbonyl (C=O) groups excluding carboxylic acids is 1. The molecule has 1 atom stereocenters. The number of esters is 1. The smallest absolute Gasteiger partial charge is 0.325 e. The minimum atomic E-state index is -0.843. The fourth-order valence-electron chi connectivity index (χ4n) is 2.42. The van der Waals surface area contributed by atoms with Crippen LogP contribution < -0.4 is 5.73 Å². The van der Waals surface area contributed by atoms with E-state index in [9.17, 15) is 4.79 Å². The third kappa shape index (κ3) is 4.58. The summed E-state index contributed by atoms with van der Waals surface area (Å²) < 4.78 is 4.71. The van der Waals surface area contributed by atoms with Gasteiger partial charge in [0.2, 0.25) is 0 Å². The maximum absolute atomic E-state index is 11.5. The molecule has 18 heavy (non-hydrogen) atoms. The van der Waals surface area contributed by atoms with Gasteiger partial charge in [0, 0.05) is 6.54 Å². The normalized spacial score (nSPS) is 19.4. The summed E-state index contributed by atoms with van der Waals surface area (Å²) in [6.45, 7) is 7.25. The molecule has 1 saturated carbocycles. The Morgan fingerprint density at radius 3 is 2.61 bits per heavy atom. The van der Waals surface area contributed by atoms with E-state index < -0.39 is 5.54 Å². The highest BCUT2D eigenvalue weighted by molar-refractivity contribution is 5.79. The molecular formula is C14H28N2O2. The lowest BCUT2D eigenvalue weighted by atomic mass is 9.85. The predicted molar refractivity (Wildman–Crippen MR) is 73.3 cm³/mol. The van der Waals surface area contributed by atoms with Gasteiger partial charge in [-0.05, 0) is 51.6 Å². The molecule has 0 spiro atoms. The van der Waals surface area contributed by atoms with Crippen molar-refractivity contribution < 1.29 is 9.53 Å². The summed E-state index contributed by atoms with van der Waals surface area (Å²) in [5.74, 6) is 0.583. The molecule has 4 heteroatoms. The second kappa shape index (κ2) is 7.10. The van der Waals surface area contributed by atoms with E-state index in [0.717, 1.165) is 25.4 Å². The zero-order chi connectivity index (χ0) is 13.6. The number of carbonyl (C=O) groups is 1. The third-order valence-corrected chi connectivity index (χ3v) is 4.01. The van der Waals surface area contributed by atoms with Gasteiger partial charge in [0.05, 0.1) is 7.11 Å². The first-order valence-corrected chi connectivity index (χ1v) is 7.09. The van der Waals surface area contributed by atoms with Gasteiger partial charge in [0.1, 0.15) is 5.54 Å². The molecule has 0 aromatic rings. The lowest BCUT2D eigenvalue weighted by molar-refractivity contribution is -0.146. The fourth-order valence-corrected chi connectivity index (χ4v) is 2.42. The van der Waals surface area contributed by atoms with Crippen molar-refractivity contribution in [2.75, 3.05) is 26.7 Å². The average molecular weight is 256 g/mol. The van der Waals surface area contributed by atoms with Crippen LogP contribution in [0.1, 0.15) is 46.0 Å². The molecule has 0 bridgehead atoms. The van der Waals surface area contributed by atoms with Gasteiger partial charge in [0.15, 0.2) is 0 Å². The SMILES string of the molecule is CCN(CCCC(C)(N)C(=O)OC)CC1CCC1. The molecule has 0 aromatic heterocycles. The van der Waals surface area contributed by atoms with Gasteiger partial charge in [-0.3, -0.25) is 4.79 Å². The van der Waals surface area contributed by atoms with Crippen LogP contribution in [0.25, 0.3) is 0 Å². The van der Waals surface area contributed by atoms with Gasteiger partial charge in [-0.15, -0.1) is 0 Å². The first-order chi connectivity index (χ1) is 8.49. The van der Waals surface area contributed by atoms with Gasteiger partial charge >= 0.3 is 5.97 Å². The lowest BCUT2D eigenvalue weighted by Gasteiger charge is -2.32. The standard InChI is InChI=1S/C14H28N2O2/c1-4-16(11-12-7-5-8-12)10-6-9-14(2,15)13(17)18-3/h12H,4-11,15H2,1-3H3. The molecule has 1 fully saturated rings. The van der Waals surface area contributed by atoms with Crippen LogP contribution in [0.5, 0.6) is 0 Å². The number of hydrogen-bond donors (Lipinski definition) is 1. The Kier molecular flexibility index (Phi) is 6.09. The number of methoxy groups -OCH3 is 1. The Bertz CT molecular complexity index is 263. The molecule has 1 aliphatic rings. The minimum absolute atomic E-state index is 0.315. The highest BCUT2D eigenvalue weighted by Gasteiger charge is 2.29. The molecule has 1 rings (SSSR count). The van der Waals surface area contributed by atoms with Crippen molar-refractivity contribution in [3.05, 3.63) is 0 Å². The van der Waals surface area contributed by atoms with Crippen LogP contribution >= 0.6 is 0 Å². The Hall–Kier alpha value is -0.610. The zero-order valence-corrected chi connectivity index (χ0v) is 12.1. The molecule has 0 radical (unpaired) electrons. The van der Waals surface area contributed by atoms with Crippen molar-refractivity contribution >= 4 is 5.97 Å². The van der Waals surface area contributed by atoms with E-state index in [4.69, 9.17) is 10.5 Å². The number of hydrogen-bond acceptors (Lipinski definition) is 4. The Labute approximate surface area is 111 Å². The number of nitrogens with zero attached hydrogens (tertiary/aromatic N) is 1. The molecule has 106 valence electrons. The molecule has 0 saturated heterocycles. The van der Waals surface area contributed by atoms with E-state index in [1.54, 1.807) is 6.92 Å². The van der Waals surface area contributed by atoms with Gasteiger partial charge in [0.25, 0.3) is 0 Å². The Morgan fingerprint density at radius 1 is 1.50 bits per heavy atom. The largest absolute Gasteiger partial charge is 0.468 e. The first-order valence-electron chi connectivity index (χ1n) is 7.09. The molecule has 1 unspecified atom stereocenters. The topological polar surface area (TPSA) is 55.6 Å². The molecule has 0 heterocycles. The van der Waals surface area contributed by atoms with Crippen molar-refractivity contribution in [2.24, 2.45) is 11.7 Å². The lowest BCUT2D eigenvalue weighted by Crippen LogP contribution is -2.46. The van der Waals surface area contributed by atoms with Crippen LogP contribution in [0.15, 0.2) is 0 Å². The summed E-state index contributed by atoms with van der Waals surface area (Å²) in [4.78, 5) is 13.9. The molecule has 0 aromatic carbocycles. The summed E-state index contributed by atoms with van der Waals surface area (Å²) in [6.07, 6.45) is 5.79. The van der Waals surface area contributed by atoms with Crippen LogP contribution in [0.2, 0.25) is 0 Å². The van der Waals surface area contributed by atoms with Gasteiger partial charge in [-0.1, -0.05) is 13.3 Å². The average Bonchev–Trinajstić information content (AvgIpc) is 2.29. The van der Waals surface area contributed by atoms with E-state index in [2.05, 4.69) is 11.8 Å². The van der Waals surface area contributed by atoms with Crippen LogP contribution in [0.4, 0.5) is 0 Å². The van der Waals surface area contributed by atoms with Gasteiger partial charge < -0.3 is 15.4 Å². The minimum Gasteiger partial charge on any atom is -0.468 e. The van der Waals surface area contributed by atoms with Crippen molar-refractivity contribution in [1.29, 1.82) is 0 Å². The van der Waals surface area contributed by atoms with Crippen molar-refractivity contribution in [1.82, 2.24) is 4.90 Å². The first kappa shape index (κ1) is 15.4. The highest BCUT2D eigenvalue weighted by Crippen LogP contribution is 2.27. The van der Waals surface area contributed by atoms with E-state index in [-0.39, 0.29) is 5.97 Å². The van der Waals surface area contributed by atoms with Gasteiger partial charge in [-0.2, -0.15) is 0 Å². The molecule has 4 nitrogen and oxygen atoms in total. The summed E-state index contributed by atoms with van der Waals surface area (Å²) in [6, 6.07) is 0. The predicted octanol–water partition coefficient (Wildman–Crippen LogP) is 1.78. The summed E-state index contributed by atoms with van der Waals surface area (Å²) in [5, 5.41) is 0.